The molecule has 10 aromatic rings. The second-order valence-electron chi connectivity index (χ2n) is 12.6. The molecule has 0 aliphatic heterocycles. The smallest absolute Gasteiger partial charge is 0.135 e. The Hall–Kier alpha value is -6.18. The number of hydrogen-bond acceptors (Lipinski definition) is 1. The van der Waals surface area contributed by atoms with Crippen molar-refractivity contribution in [3.8, 4) is 33.4 Å². The summed E-state index contributed by atoms with van der Waals surface area (Å²) < 4.78 is 6.31. The molecule has 0 aliphatic rings. The van der Waals surface area contributed by atoms with Gasteiger partial charge in [-0.15, -0.1) is 0 Å². The number of hydrogen-bond donors (Lipinski definition) is 0. The molecule has 0 radical (unpaired) electrons. The Balaban J connectivity index is 1.08. The Morgan fingerprint density at radius 3 is 1.43 bits per heavy atom. The van der Waals surface area contributed by atoms with Crippen LogP contribution in [-0.2, 0) is 0 Å². The minimum Gasteiger partial charge on any atom is -0.456 e. The summed E-state index contributed by atoms with van der Waals surface area (Å²) in [4.78, 5) is 0. The van der Waals surface area contributed by atoms with E-state index >= 15 is 0 Å². The van der Waals surface area contributed by atoms with Gasteiger partial charge in [0, 0.05) is 10.8 Å². The molecule has 0 unspecified atom stereocenters. The van der Waals surface area contributed by atoms with Crippen molar-refractivity contribution in [2.75, 3.05) is 0 Å². The zero-order chi connectivity index (χ0) is 30.9. The standard InChI is InChI=1S/C46H28O/c1-2-8-31-23-32(16-13-29(31)7-1)34-19-21-45-43(26-34)44-27-35(20-22-46(44)47-45)33-17-14-30-15-18-37(25-38(30)24-33)42-28-36-9-3-4-10-39(36)40-11-5-6-12-41(40)42/h1-28H. The first-order chi connectivity index (χ1) is 23.2. The molecular weight excluding hydrogens is 569 g/mol. The summed E-state index contributed by atoms with van der Waals surface area (Å²) in [5.41, 5.74) is 9.09. The van der Waals surface area contributed by atoms with Crippen molar-refractivity contribution < 1.29 is 4.42 Å². The van der Waals surface area contributed by atoms with Gasteiger partial charge < -0.3 is 4.42 Å². The second-order valence-corrected chi connectivity index (χ2v) is 12.6. The fraction of sp³-hybridized carbons (Fsp3) is 0. The third-order valence-electron chi connectivity index (χ3n) is 9.80. The van der Waals surface area contributed by atoms with E-state index in [1.807, 2.05) is 0 Å². The van der Waals surface area contributed by atoms with Crippen LogP contribution in [0, 0.1) is 0 Å². The van der Waals surface area contributed by atoms with Crippen LogP contribution in [0.4, 0.5) is 0 Å². The number of rotatable bonds is 3. The first kappa shape index (κ1) is 26.1. The van der Waals surface area contributed by atoms with Gasteiger partial charge in [0.15, 0.2) is 0 Å². The zero-order valence-electron chi connectivity index (χ0n) is 25.6. The van der Waals surface area contributed by atoms with Gasteiger partial charge in [0.25, 0.3) is 0 Å². The predicted molar refractivity (Wildman–Crippen MR) is 200 cm³/mol. The summed E-state index contributed by atoms with van der Waals surface area (Å²) in [5, 5.41) is 12.4. The van der Waals surface area contributed by atoms with E-state index in [0.29, 0.717) is 0 Å². The molecule has 10 rings (SSSR count). The lowest BCUT2D eigenvalue weighted by molar-refractivity contribution is 0.669. The van der Waals surface area contributed by atoms with Gasteiger partial charge >= 0.3 is 0 Å². The molecule has 0 aliphatic carbocycles. The first-order valence-corrected chi connectivity index (χ1v) is 16.2. The summed E-state index contributed by atoms with van der Waals surface area (Å²) in [5.74, 6) is 0. The Labute approximate surface area is 271 Å². The molecule has 9 aromatic carbocycles. The van der Waals surface area contributed by atoms with Crippen LogP contribution in [0.3, 0.4) is 0 Å². The fourth-order valence-corrected chi connectivity index (χ4v) is 7.39. The highest BCUT2D eigenvalue weighted by Gasteiger charge is 2.13. The first-order valence-electron chi connectivity index (χ1n) is 16.2. The van der Waals surface area contributed by atoms with E-state index < -0.39 is 0 Å². The summed E-state index contributed by atoms with van der Waals surface area (Å²) in [7, 11) is 0. The van der Waals surface area contributed by atoms with E-state index in [2.05, 4.69) is 170 Å². The molecule has 1 heterocycles. The molecule has 0 N–H and O–H groups in total. The summed E-state index contributed by atoms with van der Waals surface area (Å²) in [6.45, 7) is 0. The van der Waals surface area contributed by atoms with Crippen LogP contribution in [0.5, 0.6) is 0 Å². The normalized spacial score (nSPS) is 11.8. The lowest BCUT2D eigenvalue weighted by Gasteiger charge is -2.12. The number of fused-ring (bicyclic) bond motifs is 8. The van der Waals surface area contributed by atoms with Crippen molar-refractivity contribution in [3.05, 3.63) is 170 Å². The van der Waals surface area contributed by atoms with E-state index in [1.165, 1.54) is 76.5 Å². The fourth-order valence-electron chi connectivity index (χ4n) is 7.39. The van der Waals surface area contributed by atoms with Gasteiger partial charge in [0.2, 0.25) is 0 Å². The molecule has 1 nitrogen and oxygen atoms in total. The predicted octanol–water partition coefficient (Wildman–Crippen LogP) is 13.2. The van der Waals surface area contributed by atoms with Crippen molar-refractivity contribution in [3.63, 3.8) is 0 Å². The van der Waals surface area contributed by atoms with Crippen LogP contribution < -0.4 is 0 Å². The van der Waals surface area contributed by atoms with Gasteiger partial charge in [0.05, 0.1) is 0 Å². The number of furan rings is 1. The third-order valence-corrected chi connectivity index (χ3v) is 9.80. The zero-order valence-corrected chi connectivity index (χ0v) is 25.6. The summed E-state index contributed by atoms with van der Waals surface area (Å²) in [6.07, 6.45) is 0. The molecule has 47 heavy (non-hydrogen) atoms. The molecule has 0 amide bonds. The van der Waals surface area contributed by atoms with Gasteiger partial charge in [-0.2, -0.15) is 0 Å². The third kappa shape index (κ3) is 4.25. The van der Waals surface area contributed by atoms with E-state index in [-0.39, 0.29) is 0 Å². The van der Waals surface area contributed by atoms with E-state index in [0.717, 1.165) is 21.9 Å². The van der Waals surface area contributed by atoms with Crippen LogP contribution in [0.25, 0.3) is 98.4 Å². The van der Waals surface area contributed by atoms with Crippen molar-refractivity contribution in [1.82, 2.24) is 0 Å². The van der Waals surface area contributed by atoms with Gasteiger partial charge in [0.1, 0.15) is 11.2 Å². The Morgan fingerprint density at radius 1 is 0.255 bits per heavy atom. The van der Waals surface area contributed by atoms with Gasteiger partial charge in [-0.25, -0.2) is 0 Å². The maximum Gasteiger partial charge on any atom is 0.135 e. The topological polar surface area (TPSA) is 13.1 Å². The summed E-state index contributed by atoms with van der Waals surface area (Å²) >= 11 is 0. The maximum absolute atomic E-state index is 6.31. The van der Waals surface area contributed by atoms with Crippen LogP contribution in [-0.4, -0.2) is 0 Å². The van der Waals surface area contributed by atoms with Crippen LogP contribution in [0.2, 0.25) is 0 Å². The Bertz CT molecular complexity index is 2850. The molecule has 0 saturated heterocycles. The summed E-state index contributed by atoms with van der Waals surface area (Å²) in [6, 6.07) is 61.7. The average molecular weight is 597 g/mol. The molecule has 1 heteroatoms. The Morgan fingerprint density at radius 2 is 0.723 bits per heavy atom. The van der Waals surface area contributed by atoms with E-state index in [9.17, 15) is 0 Å². The largest absolute Gasteiger partial charge is 0.456 e. The van der Waals surface area contributed by atoms with Crippen LogP contribution in [0.1, 0.15) is 0 Å². The quantitative estimate of drug-likeness (QED) is 0.185. The monoisotopic (exact) mass is 596 g/mol. The van der Waals surface area contributed by atoms with Crippen molar-refractivity contribution in [2.24, 2.45) is 0 Å². The molecule has 0 bridgehead atoms. The molecule has 0 saturated carbocycles. The van der Waals surface area contributed by atoms with Gasteiger partial charge in [-0.05, 0) is 125 Å². The van der Waals surface area contributed by atoms with E-state index in [4.69, 9.17) is 4.42 Å². The number of benzene rings is 9. The molecule has 218 valence electrons. The van der Waals surface area contributed by atoms with Gasteiger partial charge in [-0.3, -0.25) is 0 Å². The lowest BCUT2D eigenvalue weighted by atomic mass is 9.91. The maximum atomic E-state index is 6.31. The highest BCUT2D eigenvalue weighted by molar-refractivity contribution is 6.14. The van der Waals surface area contributed by atoms with E-state index in [1.54, 1.807) is 0 Å². The van der Waals surface area contributed by atoms with Crippen LogP contribution in [0.15, 0.2) is 174 Å². The molecule has 1 aromatic heterocycles. The highest BCUT2D eigenvalue weighted by atomic mass is 16.3. The molecule has 0 spiro atoms. The van der Waals surface area contributed by atoms with Crippen molar-refractivity contribution in [2.45, 2.75) is 0 Å². The van der Waals surface area contributed by atoms with Crippen LogP contribution >= 0.6 is 0 Å². The SMILES string of the molecule is c1ccc2cc(-c3ccc4oc5ccc(-c6ccc7ccc(-c8cc9ccccc9c9ccccc89)cc7c6)cc5c4c3)ccc2c1. The van der Waals surface area contributed by atoms with Gasteiger partial charge in [-0.1, -0.05) is 121 Å². The second kappa shape index (κ2) is 10.2. The minimum atomic E-state index is 0.908. The molecule has 0 fully saturated rings. The minimum absolute atomic E-state index is 0.908. The highest BCUT2D eigenvalue weighted by Crippen LogP contribution is 2.38. The Kier molecular flexibility index (Phi) is 5.64. The average Bonchev–Trinajstić information content (AvgIpc) is 3.51. The molecular formula is C46H28O. The van der Waals surface area contributed by atoms with Crippen molar-refractivity contribution in [1.29, 1.82) is 0 Å². The molecule has 0 atom stereocenters. The lowest BCUT2D eigenvalue weighted by Crippen LogP contribution is -1.86. The van der Waals surface area contributed by atoms with Crippen molar-refractivity contribution >= 4 is 65.0 Å².